The van der Waals surface area contributed by atoms with Gasteiger partial charge in [-0.15, -0.1) is 0 Å². The van der Waals surface area contributed by atoms with Crippen molar-refractivity contribution >= 4 is 28.8 Å². The first-order valence-corrected chi connectivity index (χ1v) is 8.85. The Morgan fingerprint density at radius 3 is 2.58 bits per heavy atom. The monoisotopic (exact) mass is 344 g/mol. The summed E-state index contributed by atoms with van der Waals surface area (Å²) in [5.41, 5.74) is 3.14. The highest BCUT2D eigenvalue weighted by atomic mass is 32.2. The Morgan fingerprint density at radius 1 is 1.33 bits per heavy atom. The van der Waals surface area contributed by atoms with Crippen LogP contribution in [0.1, 0.15) is 43.9 Å². The van der Waals surface area contributed by atoms with Crippen LogP contribution < -0.4 is 0 Å². The van der Waals surface area contributed by atoms with Crippen molar-refractivity contribution < 1.29 is 14.3 Å². The van der Waals surface area contributed by atoms with Gasteiger partial charge in [-0.2, -0.15) is 0 Å². The number of carbonyl (C=O) groups is 2. The number of benzene rings is 1. The predicted octanol–water partition coefficient (Wildman–Crippen LogP) is 3.24. The lowest BCUT2D eigenvalue weighted by Gasteiger charge is -2.32. The normalized spacial score (nSPS) is 20.4. The van der Waals surface area contributed by atoms with E-state index in [-0.39, 0.29) is 5.91 Å². The average molecular weight is 344 g/mol. The van der Waals surface area contributed by atoms with Crippen molar-refractivity contribution in [1.82, 2.24) is 4.90 Å². The molecule has 6 heteroatoms. The van der Waals surface area contributed by atoms with Crippen LogP contribution in [0.15, 0.2) is 40.5 Å². The third-order valence-corrected chi connectivity index (χ3v) is 5.25. The third-order valence-electron chi connectivity index (χ3n) is 4.31. The molecule has 0 aliphatic carbocycles. The van der Waals surface area contributed by atoms with Gasteiger partial charge in [0.2, 0.25) is 5.91 Å². The molecule has 3 rings (SSSR count). The van der Waals surface area contributed by atoms with E-state index in [1.807, 2.05) is 24.3 Å². The van der Waals surface area contributed by atoms with Crippen LogP contribution >= 0.6 is 11.8 Å². The number of carbonyl (C=O) groups excluding carboxylic acids is 2. The van der Waals surface area contributed by atoms with Gasteiger partial charge < -0.3 is 4.74 Å². The maximum Gasteiger partial charge on any atom is 0.338 e. The summed E-state index contributed by atoms with van der Waals surface area (Å²) in [4.78, 5) is 30.8. The lowest BCUT2D eigenvalue weighted by Crippen LogP contribution is -2.39. The Kier molecular flexibility index (Phi) is 4.49. The van der Waals surface area contributed by atoms with Crippen molar-refractivity contribution in [3.63, 3.8) is 0 Å². The van der Waals surface area contributed by atoms with Gasteiger partial charge in [-0.25, -0.2) is 9.79 Å². The topological polar surface area (TPSA) is 59.0 Å². The Hall–Kier alpha value is -2.08. The van der Waals surface area contributed by atoms with E-state index in [4.69, 9.17) is 4.74 Å². The summed E-state index contributed by atoms with van der Waals surface area (Å²) < 4.78 is 4.95. The maximum absolute atomic E-state index is 12.4. The summed E-state index contributed by atoms with van der Waals surface area (Å²) >= 11 is 1.41. The third kappa shape index (κ3) is 2.75. The van der Waals surface area contributed by atoms with E-state index in [1.165, 1.54) is 24.4 Å². The molecular formula is C18H20N2O3S. The molecule has 24 heavy (non-hydrogen) atoms. The van der Waals surface area contributed by atoms with E-state index >= 15 is 0 Å². The summed E-state index contributed by atoms with van der Waals surface area (Å²) in [5.74, 6) is 0.286. The molecule has 0 unspecified atom stereocenters. The number of esters is 1. The van der Waals surface area contributed by atoms with Gasteiger partial charge in [0.1, 0.15) is 0 Å². The second-order valence-corrected chi connectivity index (χ2v) is 7.10. The highest BCUT2D eigenvalue weighted by Gasteiger charge is 2.43. The van der Waals surface area contributed by atoms with Crippen LogP contribution in [0.25, 0.3) is 0 Å². The summed E-state index contributed by atoms with van der Waals surface area (Å²) in [6.45, 7) is 6.05. The number of methoxy groups -OCH3 is 1. The number of nitrogens with zero attached hydrogens (tertiary/aromatic N) is 2. The predicted molar refractivity (Wildman–Crippen MR) is 94.7 cm³/mol. The van der Waals surface area contributed by atoms with Crippen LogP contribution in [-0.2, 0) is 14.3 Å². The van der Waals surface area contributed by atoms with Gasteiger partial charge in [0, 0.05) is 0 Å². The quantitative estimate of drug-likeness (QED) is 0.790. The average Bonchev–Trinajstić information content (AvgIpc) is 2.93. The number of amidine groups is 1. The molecule has 2 aliphatic heterocycles. The lowest BCUT2D eigenvalue weighted by atomic mass is 9.92. The molecule has 1 aromatic carbocycles. The van der Waals surface area contributed by atoms with E-state index in [2.05, 4.69) is 18.8 Å². The Bertz CT molecular complexity index is 750. The number of hydrogen-bond donors (Lipinski definition) is 0. The molecule has 0 N–H and O–H groups in total. The molecule has 1 amide bonds. The van der Waals surface area contributed by atoms with Crippen molar-refractivity contribution in [2.75, 3.05) is 12.9 Å². The summed E-state index contributed by atoms with van der Waals surface area (Å²) in [7, 11) is 1.35. The Labute approximate surface area is 145 Å². The van der Waals surface area contributed by atoms with Gasteiger partial charge in [0.15, 0.2) is 5.17 Å². The van der Waals surface area contributed by atoms with Crippen molar-refractivity contribution in [2.24, 2.45) is 4.99 Å². The number of fused-ring (bicyclic) bond motifs is 1. The molecule has 1 fully saturated rings. The van der Waals surface area contributed by atoms with Crippen molar-refractivity contribution in [1.29, 1.82) is 0 Å². The zero-order valence-corrected chi connectivity index (χ0v) is 15.0. The highest BCUT2D eigenvalue weighted by Crippen LogP contribution is 2.41. The second kappa shape index (κ2) is 6.43. The minimum atomic E-state index is -0.478. The molecule has 2 heterocycles. The smallest absolute Gasteiger partial charge is 0.338 e. The van der Waals surface area contributed by atoms with Crippen molar-refractivity contribution in [2.45, 2.75) is 32.7 Å². The van der Waals surface area contributed by atoms with Gasteiger partial charge in [-0.1, -0.05) is 49.9 Å². The summed E-state index contributed by atoms with van der Waals surface area (Å²) in [5, 5.41) is 0.656. The molecule has 2 aliphatic rings. The highest BCUT2D eigenvalue weighted by molar-refractivity contribution is 8.15. The van der Waals surface area contributed by atoms with E-state index in [9.17, 15) is 9.59 Å². The lowest BCUT2D eigenvalue weighted by molar-refractivity contribution is -0.137. The fourth-order valence-electron chi connectivity index (χ4n) is 2.99. The molecule has 126 valence electrons. The molecule has 1 aromatic rings. The van der Waals surface area contributed by atoms with Crippen LogP contribution in [0.3, 0.4) is 0 Å². The zero-order chi connectivity index (χ0) is 17.4. The van der Waals surface area contributed by atoms with Gasteiger partial charge in [-0.3, -0.25) is 9.69 Å². The molecule has 0 aromatic heterocycles. The van der Waals surface area contributed by atoms with E-state index < -0.39 is 12.0 Å². The van der Waals surface area contributed by atoms with Crippen LogP contribution in [0.2, 0.25) is 0 Å². The first-order chi connectivity index (χ1) is 11.4. The SMILES string of the molecule is COC(=O)C1=C(C)N=C2SCC(=O)N2[C@H]1c1ccc(C(C)C)cc1. The van der Waals surface area contributed by atoms with Crippen LogP contribution in [0.4, 0.5) is 0 Å². The van der Waals surface area contributed by atoms with E-state index in [0.717, 1.165) is 5.56 Å². The Balaban J connectivity index is 2.11. The van der Waals surface area contributed by atoms with E-state index in [0.29, 0.717) is 28.1 Å². The molecule has 1 atom stereocenters. The summed E-state index contributed by atoms with van der Waals surface area (Å²) in [6.07, 6.45) is 0. The minimum Gasteiger partial charge on any atom is -0.466 e. The first kappa shape index (κ1) is 16.8. The largest absolute Gasteiger partial charge is 0.466 e. The first-order valence-electron chi connectivity index (χ1n) is 7.86. The molecule has 0 bridgehead atoms. The van der Waals surface area contributed by atoms with Gasteiger partial charge in [0.25, 0.3) is 0 Å². The van der Waals surface area contributed by atoms with Crippen LogP contribution in [-0.4, -0.2) is 34.8 Å². The van der Waals surface area contributed by atoms with Gasteiger partial charge in [-0.05, 0) is 24.0 Å². The number of allylic oxidation sites excluding steroid dienone is 1. The number of rotatable bonds is 3. The van der Waals surface area contributed by atoms with Gasteiger partial charge >= 0.3 is 5.97 Å². The zero-order valence-electron chi connectivity index (χ0n) is 14.2. The molecular weight excluding hydrogens is 324 g/mol. The standard InChI is InChI=1S/C18H20N2O3S/c1-10(2)12-5-7-13(8-6-12)16-15(17(22)23-4)11(3)19-18-20(16)14(21)9-24-18/h5-8,10,16H,9H2,1-4H3/t16-/m0/s1. The number of aliphatic imine (C=N–C) groups is 1. The number of ether oxygens (including phenoxy) is 1. The molecule has 0 spiro atoms. The second-order valence-electron chi connectivity index (χ2n) is 6.16. The molecule has 0 radical (unpaired) electrons. The number of thioether (sulfide) groups is 1. The Morgan fingerprint density at radius 2 is 2.00 bits per heavy atom. The molecule has 0 saturated carbocycles. The molecule has 1 saturated heterocycles. The molecule has 5 nitrogen and oxygen atoms in total. The van der Waals surface area contributed by atoms with Crippen molar-refractivity contribution in [3.8, 4) is 0 Å². The maximum atomic E-state index is 12.4. The van der Waals surface area contributed by atoms with Crippen LogP contribution in [0, 0.1) is 0 Å². The van der Waals surface area contributed by atoms with Crippen molar-refractivity contribution in [3.05, 3.63) is 46.7 Å². The fraction of sp³-hybridized carbons (Fsp3) is 0.389. The van der Waals surface area contributed by atoms with Gasteiger partial charge in [0.05, 0.1) is 30.2 Å². The fourth-order valence-corrected chi connectivity index (χ4v) is 3.93. The van der Waals surface area contributed by atoms with E-state index in [1.54, 1.807) is 11.8 Å². The number of amides is 1. The number of hydrogen-bond acceptors (Lipinski definition) is 5. The van der Waals surface area contributed by atoms with Crippen LogP contribution in [0.5, 0.6) is 0 Å². The minimum absolute atomic E-state index is 0.0365. The summed E-state index contributed by atoms with van der Waals surface area (Å²) in [6, 6.07) is 7.58.